The smallest absolute Gasteiger partial charge is 0.147 e. The topological polar surface area (TPSA) is 34.1 Å². The van der Waals surface area contributed by atoms with E-state index in [0.717, 1.165) is 17.3 Å². The van der Waals surface area contributed by atoms with Crippen molar-refractivity contribution in [1.82, 2.24) is 0 Å². The Kier molecular flexibility index (Phi) is 6.67. The molecule has 0 saturated heterocycles. The molecule has 1 rings (SSSR count). The van der Waals surface area contributed by atoms with Gasteiger partial charge in [-0.2, -0.15) is 0 Å². The molecule has 5 heteroatoms. The molecule has 0 N–H and O–H groups in total. The van der Waals surface area contributed by atoms with E-state index in [4.69, 9.17) is 11.6 Å². The molecule has 0 aliphatic heterocycles. The normalized spacial score (nSPS) is 13.5. The molecule has 18 heavy (non-hydrogen) atoms. The van der Waals surface area contributed by atoms with Crippen LogP contribution in [-0.4, -0.2) is 26.3 Å². The van der Waals surface area contributed by atoms with E-state index in [1.807, 2.05) is 12.1 Å². The summed E-state index contributed by atoms with van der Waals surface area (Å²) in [4.78, 5) is 0. The highest BCUT2D eigenvalue weighted by Crippen LogP contribution is 2.18. The van der Waals surface area contributed by atoms with E-state index in [9.17, 15) is 8.42 Å². The molecule has 0 fully saturated rings. The van der Waals surface area contributed by atoms with E-state index in [-0.39, 0.29) is 5.75 Å². The van der Waals surface area contributed by atoms with Gasteiger partial charge in [-0.3, -0.25) is 0 Å². The third-order valence-electron chi connectivity index (χ3n) is 2.78. The average Bonchev–Trinajstić information content (AvgIpc) is 2.29. The van der Waals surface area contributed by atoms with E-state index < -0.39 is 9.84 Å². The molecule has 0 aromatic heterocycles. The minimum absolute atomic E-state index is 0.251. The summed E-state index contributed by atoms with van der Waals surface area (Å²) >= 11 is 9.34. The van der Waals surface area contributed by atoms with E-state index in [2.05, 4.69) is 28.1 Å². The van der Waals surface area contributed by atoms with Crippen LogP contribution in [0.4, 0.5) is 0 Å². The van der Waals surface area contributed by atoms with Gasteiger partial charge in [-0.25, -0.2) is 8.42 Å². The fraction of sp³-hybridized carbons (Fsp3) is 0.538. The van der Waals surface area contributed by atoms with Gasteiger partial charge in [-0.1, -0.05) is 28.1 Å². The molecule has 0 saturated carbocycles. The summed E-state index contributed by atoms with van der Waals surface area (Å²) in [5.41, 5.74) is 1.24. The molecule has 102 valence electrons. The molecule has 1 aromatic rings. The molecule has 0 spiro atoms. The van der Waals surface area contributed by atoms with Gasteiger partial charge in [0.05, 0.1) is 0 Å². The Bertz CT molecular complexity index is 456. The van der Waals surface area contributed by atoms with Crippen LogP contribution in [0.15, 0.2) is 28.7 Å². The highest BCUT2D eigenvalue weighted by atomic mass is 79.9. The van der Waals surface area contributed by atoms with Crippen molar-refractivity contribution in [2.75, 3.05) is 17.9 Å². The molecule has 1 unspecified atom stereocenters. The van der Waals surface area contributed by atoms with Crippen molar-refractivity contribution in [2.45, 2.75) is 19.3 Å². The van der Waals surface area contributed by atoms with Crippen LogP contribution in [0.5, 0.6) is 0 Å². The number of alkyl halides is 1. The summed E-state index contributed by atoms with van der Waals surface area (Å²) < 4.78 is 23.2. The van der Waals surface area contributed by atoms with Crippen molar-refractivity contribution in [2.24, 2.45) is 5.92 Å². The average molecular weight is 354 g/mol. The molecule has 0 aliphatic carbocycles. The Labute approximate surface area is 123 Å². The first-order valence-corrected chi connectivity index (χ1v) is 9.27. The first-order valence-electron chi connectivity index (χ1n) is 5.89. The van der Waals surface area contributed by atoms with Gasteiger partial charge in [-0.05, 0) is 42.9 Å². The summed E-state index contributed by atoms with van der Waals surface area (Å²) in [6.45, 7) is 0. The predicted molar refractivity (Wildman–Crippen MR) is 81.0 cm³/mol. The van der Waals surface area contributed by atoms with Gasteiger partial charge in [-0.15, -0.1) is 11.6 Å². The van der Waals surface area contributed by atoms with E-state index in [0.29, 0.717) is 18.2 Å². The van der Waals surface area contributed by atoms with Crippen LogP contribution in [0.25, 0.3) is 0 Å². The van der Waals surface area contributed by atoms with Gasteiger partial charge in [0.1, 0.15) is 9.84 Å². The fourth-order valence-corrected chi connectivity index (χ4v) is 3.04. The molecule has 0 amide bonds. The number of benzene rings is 1. The first kappa shape index (κ1) is 16.0. The molecular formula is C13H18BrClO2S. The zero-order chi connectivity index (χ0) is 13.6. The predicted octanol–water partition coefficient (Wildman–Crippen LogP) is 3.67. The SMILES string of the molecule is CS(=O)(=O)CCCC(CCl)Cc1ccc(Br)cc1. The molecule has 2 nitrogen and oxygen atoms in total. The Morgan fingerprint density at radius 3 is 2.39 bits per heavy atom. The Morgan fingerprint density at radius 1 is 1.28 bits per heavy atom. The van der Waals surface area contributed by atoms with Gasteiger partial charge in [0.15, 0.2) is 0 Å². The van der Waals surface area contributed by atoms with Crippen LogP contribution in [0.1, 0.15) is 18.4 Å². The zero-order valence-electron chi connectivity index (χ0n) is 10.4. The van der Waals surface area contributed by atoms with Crippen LogP contribution in [0, 0.1) is 5.92 Å². The second-order valence-electron chi connectivity index (χ2n) is 4.62. The Balaban J connectivity index is 2.44. The highest BCUT2D eigenvalue weighted by molar-refractivity contribution is 9.10. The number of hydrogen-bond acceptors (Lipinski definition) is 2. The highest BCUT2D eigenvalue weighted by Gasteiger charge is 2.10. The van der Waals surface area contributed by atoms with Gasteiger partial charge < -0.3 is 0 Å². The lowest BCUT2D eigenvalue weighted by Gasteiger charge is -2.13. The van der Waals surface area contributed by atoms with Crippen LogP contribution in [-0.2, 0) is 16.3 Å². The van der Waals surface area contributed by atoms with Crippen LogP contribution >= 0.6 is 27.5 Å². The van der Waals surface area contributed by atoms with Gasteiger partial charge >= 0.3 is 0 Å². The minimum atomic E-state index is -2.86. The molecule has 1 atom stereocenters. The quantitative estimate of drug-likeness (QED) is 0.701. The number of hydrogen-bond donors (Lipinski definition) is 0. The van der Waals surface area contributed by atoms with Crippen LogP contribution in [0.3, 0.4) is 0 Å². The van der Waals surface area contributed by atoms with Gasteiger partial charge in [0, 0.05) is 22.4 Å². The maximum atomic E-state index is 11.1. The maximum Gasteiger partial charge on any atom is 0.147 e. The summed E-state index contributed by atoms with van der Waals surface area (Å²) in [7, 11) is -2.86. The molecule has 0 bridgehead atoms. The maximum absolute atomic E-state index is 11.1. The largest absolute Gasteiger partial charge is 0.229 e. The molecule has 0 radical (unpaired) electrons. The standard InChI is InChI=1S/C13H18BrClO2S/c1-18(16,17)8-2-3-12(10-15)9-11-4-6-13(14)7-5-11/h4-7,12H,2-3,8-10H2,1H3. The molecule has 0 heterocycles. The summed E-state index contributed by atoms with van der Waals surface area (Å²) in [6, 6.07) is 8.16. The zero-order valence-corrected chi connectivity index (χ0v) is 13.6. The minimum Gasteiger partial charge on any atom is -0.229 e. The lowest BCUT2D eigenvalue weighted by molar-refractivity contribution is 0.524. The lowest BCUT2D eigenvalue weighted by atomic mass is 9.97. The van der Waals surface area contributed by atoms with Crippen LogP contribution in [0.2, 0.25) is 0 Å². The second-order valence-corrected chi connectivity index (χ2v) is 8.11. The molecular weight excluding hydrogens is 336 g/mol. The van der Waals surface area contributed by atoms with Gasteiger partial charge in [0.25, 0.3) is 0 Å². The lowest BCUT2D eigenvalue weighted by Crippen LogP contribution is -2.10. The van der Waals surface area contributed by atoms with E-state index >= 15 is 0 Å². The van der Waals surface area contributed by atoms with Crippen molar-refractivity contribution in [1.29, 1.82) is 0 Å². The number of sulfone groups is 1. The van der Waals surface area contributed by atoms with Crippen molar-refractivity contribution in [3.63, 3.8) is 0 Å². The van der Waals surface area contributed by atoms with Crippen molar-refractivity contribution in [3.8, 4) is 0 Å². The molecule has 0 aliphatic rings. The first-order chi connectivity index (χ1) is 8.40. The third kappa shape index (κ3) is 6.76. The summed E-state index contributed by atoms with van der Waals surface area (Å²) in [5.74, 6) is 1.16. The third-order valence-corrected chi connectivity index (χ3v) is 4.78. The van der Waals surface area contributed by atoms with Crippen LogP contribution < -0.4 is 0 Å². The fourth-order valence-electron chi connectivity index (χ4n) is 1.82. The second kappa shape index (κ2) is 7.51. The molecule has 1 aromatic carbocycles. The monoisotopic (exact) mass is 352 g/mol. The van der Waals surface area contributed by atoms with E-state index in [1.54, 1.807) is 0 Å². The Hall–Kier alpha value is -0.0600. The summed E-state index contributed by atoms with van der Waals surface area (Å²) in [5, 5.41) is 0. The number of rotatable bonds is 7. The van der Waals surface area contributed by atoms with Crippen molar-refractivity contribution in [3.05, 3.63) is 34.3 Å². The van der Waals surface area contributed by atoms with Gasteiger partial charge in [0.2, 0.25) is 0 Å². The van der Waals surface area contributed by atoms with Crippen molar-refractivity contribution < 1.29 is 8.42 Å². The Morgan fingerprint density at radius 2 is 1.89 bits per heavy atom. The number of halogens is 2. The summed E-state index contributed by atoms with van der Waals surface area (Å²) in [6.07, 6.45) is 3.72. The van der Waals surface area contributed by atoms with Crippen molar-refractivity contribution >= 4 is 37.4 Å². The van der Waals surface area contributed by atoms with E-state index in [1.165, 1.54) is 11.8 Å².